The Morgan fingerprint density at radius 3 is 2.52 bits per heavy atom. The van der Waals surface area contributed by atoms with Gasteiger partial charge in [-0.1, -0.05) is 11.8 Å². The number of carbonyl (C=O) groups is 1. The quantitative estimate of drug-likeness (QED) is 0.0451. The number of carbonyl (C=O) groups excluding carboxylic acids is 1. The molecule has 4 N–H and O–H groups in total. The first-order valence-electron chi connectivity index (χ1n) is 12.5. The Morgan fingerprint density at radius 2 is 1.82 bits per heavy atom. The molecule has 18 nitrogen and oxygen atoms in total. The molecule has 3 aromatic heterocycles. The molecule has 1 aromatic carbocycles. The monoisotopic (exact) mass is 684 g/mol. The van der Waals surface area contributed by atoms with Gasteiger partial charge in [-0.3, -0.25) is 4.18 Å². The highest BCUT2D eigenvalue weighted by Crippen LogP contribution is 2.20. The fourth-order valence-corrected chi connectivity index (χ4v) is 5.60. The summed E-state index contributed by atoms with van der Waals surface area (Å²) in [6.07, 6.45) is 2.80. The van der Waals surface area contributed by atoms with Crippen LogP contribution in [0, 0.1) is 0 Å². The van der Waals surface area contributed by atoms with Crippen LogP contribution < -0.4 is 26.0 Å². The van der Waals surface area contributed by atoms with Gasteiger partial charge in [0.25, 0.3) is 5.16 Å². The Bertz CT molecular complexity index is 1910. The molecule has 0 aliphatic rings. The molecule has 0 fully saturated rings. The van der Waals surface area contributed by atoms with Crippen LogP contribution in [0.4, 0.5) is 23.5 Å². The average Bonchev–Trinajstić information content (AvgIpc) is 2.98. The number of aromatic nitrogens is 7. The van der Waals surface area contributed by atoms with Crippen LogP contribution in [-0.4, -0.2) is 81.9 Å². The fourth-order valence-electron chi connectivity index (χ4n) is 3.27. The van der Waals surface area contributed by atoms with Crippen molar-refractivity contribution in [3.8, 4) is 5.95 Å². The molecule has 0 spiro atoms. The number of nitrogens with two attached hydrogens (primary N) is 1. The van der Waals surface area contributed by atoms with Crippen molar-refractivity contribution in [2.24, 2.45) is 0 Å². The van der Waals surface area contributed by atoms with Crippen LogP contribution in [0.5, 0.6) is 0 Å². The summed E-state index contributed by atoms with van der Waals surface area (Å²) in [5.74, 6) is -1.53. The van der Waals surface area contributed by atoms with Gasteiger partial charge in [0, 0.05) is 23.5 Å². The van der Waals surface area contributed by atoms with Gasteiger partial charge in [-0.2, -0.15) is 19.9 Å². The highest BCUT2D eigenvalue weighted by atomic mass is 35.5. The van der Waals surface area contributed by atoms with Crippen molar-refractivity contribution in [3.05, 3.63) is 59.6 Å². The minimum absolute atomic E-state index is 0.0406. The Balaban J connectivity index is 1.35. The molecule has 0 radical (unpaired) electrons. The summed E-state index contributed by atoms with van der Waals surface area (Å²) in [7, 11) is -8.93. The second-order valence-electron chi connectivity index (χ2n) is 8.25. The van der Waals surface area contributed by atoms with Crippen molar-refractivity contribution in [1.82, 2.24) is 29.9 Å². The van der Waals surface area contributed by atoms with Gasteiger partial charge in [-0.25, -0.2) is 21.4 Å². The minimum atomic E-state index is -5.01. The molecule has 0 aliphatic heterocycles. The SMILES string of the molecule is [2H]Nc1nc(SCCNc2nc(Cl)nc(Nc3ccc(S(=O)(=O)CCOS(=O)(=O)[O-])cc3)n2)nc(-[n+]2cccc(C(=O)[O-])c2)n1. The molecule has 22 heteroatoms. The Hall–Kier alpha value is -4.28. The van der Waals surface area contributed by atoms with Crippen molar-refractivity contribution in [3.63, 3.8) is 0 Å². The smallest absolute Gasteiger partial charge is 0.443 e. The number of aromatic carboxylic acids is 1. The maximum Gasteiger partial charge on any atom is 0.443 e. The van der Waals surface area contributed by atoms with Gasteiger partial charge >= 0.3 is 11.9 Å². The van der Waals surface area contributed by atoms with Crippen LogP contribution in [0.3, 0.4) is 0 Å². The van der Waals surface area contributed by atoms with E-state index < -0.39 is 38.6 Å². The van der Waals surface area contributed by atoms with Gasteiger partial charge < -0.3 is 30.8 Å². The maximum absolute atomic E-state index is 12.3. The van der Waals surface area contributed by atoms with E-state index in [-0.39, 0.29) is 44.7 Å². The zero-order chi connectivity index (χ0) is 32.6. The lowest BCUT2D eigenvalue weighted by atomic mass is 10.3. The minimum Gasteiger partial charge on any atom is -0.726 e. The molecule has 3 heterocycles. The van der Waals surface area contributed by atoms with E-state index in [0.29, 0.717) is 18.0 Å². The molecule has 44 heavy (non-hydrogen) atoms. The summed E-state index contributed by atoms with van der Waals surface area (Å²) in [6.45, 7) is -0.515. The van der Waals surface area contributed by atoms with Crippen LogP contribution in [0.15, 0.2) is 58.8 Å². The number of carboxylic acid groups (broad SMARTS) is 1. The van der Waals surface area contributed by atoms with Gasteiger partial charge in [0.15, 0.2) is 11.2 Å². The molecule has 232 valence electrons. The first-order chi connectivity index (χ1) is 21.3. The highest BCUT2D eigenvalue weighted by Gasteiger charge is 2.18. The number of carboxylic acids is 1. The Morgan fingerprint density at radius 1 is 1.07 bits per heavy atom. The summed E-state index contributed by atoms with van der Waals surface area (Å²) in [6, 6.07) is 8.18. The summed E-state index contributed by atoms with van der Waals surface area (Å²) in [5.41, 5.74) is 2.39. The van der Waals surface area contributed by atoms with E-state index >= 15 is 0 Å². The third-order valence-electron chi connectivity index (χ3n) is 5.14. The van der Waals surface area contributed by atoms with Crippen LogP contribution in [0.1, 0.15) is 10.4 Å². The van der Waals surface area contributed by atoms with Gasteiger partial charge in [-0.15, -0.1) is 0 Å². The lowest BCUT2D eigenvalue weighted by Crippen LogP contribution is -2.36. The normalized spacial score (nSPS) is 11.9. The number of anilines is 4. The number of rotatable bonds is 15. The summed E-state index contributed by atoms with van der Waals surface area (Å²) < 4.78 is 68.9. The van der Waals surface area contributed by atoms with Crippen LogP contribution in [0.2, 0.25) is 6.70 Å². The number of nitrogen functional groups attached to an aromatic ring is 1. The zero-order valence-corrected chi connectivity index (χ0v) is 25.2. The Labute approximate surface area is 260 Å². The van der Waals surface area contributed by atoms with Crippen molar-refractivity contribution >= 4 is 73.1 Å². The highest BCUT2D eigenvalue weighted by molar-refractivity contribution is 7.99. The number of nitrogens with one attached hydrogen (secondary N) is 2. The molecule has 4 rings (SSSR count). The third-order valence-corrected chi connectivity index (χ3v) is 8.31. The van der Waals surface area contributed by atoms with E-state index in [4.69, 9.17) is 13.0 Å². The van der Waals surface area contributed by atoms with Crippen LogP contribution in [0.25, 0.3) is 5.95 Å². The molecular formula is C22H20ClN10O8S3-. The number of halogens is 1. The topological polar surface area (TPSA) is 272 Å². The zero-order valence-electron chi connectivity index (χ0n) is 22.9. The van der Waals surface area contributed by atoms with Crippen molar-refractivity contribution in [2.75, 3.05) is 41.0 Å². The number of nitrogens with zero attached hydrogens (tertiary/aromatic N) is 7. The van der Waals surface area contributed by atoms with Crippen molar-refractivity contribution in [1.29, 1.82) is 0 Å². The van der Waals surface area contributed by atoms with E-state index in [1.54, 1.807) is 0 Å². The lowest BCUT2D eigenvalue weighted by molar-refractivity contribution is -0.604. The summed E-state index contributed by atoms with van der Waals surface area (Å²) in [5, 5.41) is 17.1. The molecular weight excluding hydrogens is 664 g/mol. The standard InChI is InChI=1S/C22H21ClN10O8S3/c23-17-27-19(25-7-10-42-22-30-18(24)29-21(32-22)33-8-1-2-13(12-33)16(34)35)31-20(28-17)26-14-3-5-15(6-4-14)43(36,37)11-9-41-44(38,39)40/h1-6,8,12H,7,9-11H2,(H5-,24,25,26,27,28,29,30,31,32,34,35,38,39,40)/p-1/i/hD. The molecule has 4 aromatic rings. The second-order valence-corrected chi connectivity index (χ2v) is 12.8. The van der Waals surface area contributed by atoms with E-state index in [1.165, 1.54) is 65.1 Å². The first-order valence-corrected chi connectivity index (χ1v) is 16.3. The first kappa shape index (κ1) is 31.2. The van der Waals surface area contributed by atoms with Gasteiger partial charge in [0.05, 0.1) is 35.6 Å². The molecule has 0 saturated heterocycles. The van der Waals surface area contributed by atoms with E-state index in [2.05, 4.69) is 50.4 Å². The second kappa shape index (κ2) is 14.0. The number of sulfone groups is 1. The molecule has 0 atom stereocenters. The summed E-state index contributed by atoms with van der Waals surface area (Å²) >= 11 is 7.23. The van der Waals surface area contributed by atoms with Gasteiger partial charge in [0.2, 0.25) is 27.6 Å². The molecule has 0 saturated carbocycles. The van der Waals surface area contributed by atoms with Crippen LogP contribution in [-0.2, 0) is 24.4 Å². The number of benzene rings is 1. The van der Waals surface area contributed by atoms with E-state index in [9.17, 15) is 31.3 Å². The predicted octanol–water partition coefficient (Wildman–Crippen LogP) is -0.869. The lowest BCUT2D eigenvalue weighted by Gasteiger charge is -2.10. The van der Waals surface area contributed by atoms with Crippen molar-refractivity contribution in [2.45, 2.75) is 10.1 Å². The predicted molar refractivity (Wildman–Crippen MR) is 152 cm³/mol. The number of hydrogen-bond acceptors (Lipinski definition) is 18. The number of hydrogen-bond donors (Lipinski definition) is 3. The van der Waals surface area contributed by atoms with E-state index in [0.717, 1.165) is 0 Å². The van der Waals surface area contributed by atoms with Gasteiger partial charge in [0.1, 0.15) is 0 Å². The molecule has 0 bridgehead atoms. The van der Waals surface area contributed by atoms with Crippen molar-refractivity contribution < 1.29 is 41.5 Å². The molecule has 0 amide bonds. The van der Waals surface area contributed by atoms with E-state index in [1.807, 2.05) is 0 Å². The van der Waals surface area contributed by atoms with Gasteiger partial charge in [-0.05, 0) is 58.0 Å². The average molecular weight is 685 g/mol. The summed E-state index contributed by atoms with van der Waals surface area (Å²) in [4.78, 5) is 35.8. The number of thioether (sulfide) groups is 1. The fraction of sp³-hybridized carbons (Fsp3) is 0.182. The third kappa shape index (κ3) is 9.62. The van der Waals surface area contributed by atoms with Crippen LogP contribution >= 0.6 is 23.4 Å². The number of pyridine rings is 1. The largest absolute Gasteiger partial charge is 0.726 e. The maximum atomic E-state index is 12.3. The molecule has 0 unspecified atom stereocenters. The molecule has 0 aliphatic carbocycles. The Kier molecular flexibility index (Phi) is 9.92.